The molecule has 0 spiro atoms. The molecule has 9 heteroatoms. The minimum atomic E-state index is -1.39. The molecule has 3 rings (SSSR count). The normalized spacial score (nSPS) is 16.4. The van der Waals surface area contributed by atoms with Gasteiger partial charge in [0.1, 0.15) is 5.75 Å². The van der Waals surface area contributed by atoms with Crippen LogP contribution in [0.2, 0.25) is 0 Å². The zero-order valence-corrected chi connectivity index (χ0v) is 20.3. The lowest BCUT2D eigenvalue weighted by atomic mass is 9.89. The zero-order valence-electron chi connectivity index (χ0n) is 20.3. The fraction of sp³-hybridized carbons (Fsp3) is 0.308. The van der Waals surface area contributed by atoms with Crippen LogP contribution < -0.4 is 15.4 Å². The van der Waals surface area contributed by atoms with Crippen LogP contribution >= 0.6 is 0 Å². The van der Waals surface area contributed by atoms with Gasteiger partial charge in [0.2, 0.25) is 0 Å². The Balaban J connectivity index is 1.96. The zero-order chi connectivity index (χ0) is 25.9. The van der Waals surface area contributed by atoms with E-state index in [-0.39, 0.29) is 0 Å². The number of hydrogen-bond donors (Lipinski definition) is 3. The molecule has 2 aromatic carbocycles. The Bertz CT molecular complexity index is 1220. The number of allylic oxidation sites excluding steroid dienone is 1. The quantitative estimate of drug-likeness (QED) is 0.524. The molecule has 2 aromatic rings. The molecule has 9 nitrogen and oxygen atoms in total. The first kappa shape index (κ1) is 25.5. The van der Waals surface area contributed by atoms with Gasteiger partial charge in [0.05, 0.1) is 19.6 Å². The Morgan fingerprint density at radius 3 is 2.43 bits per heavy atom. The number of ether oxygens (including phenoxy) is 1. The van der Waals surface area contributed by atoms with Crippen molar-refractivity contribution in [2.75, 3.05) is 14.2 Å². The number of ketones is 1. The maximum absolute atomic E-state index is 12.8. The summed E-state index contributed by atoms with van der Waals surface area (Å²) in [5.74, 6) is -1.74. The molecular weight excluding hydrogens is 450 g/mol. The number of hydrogen-bond acceptors (Lipinski definition) is 5. The molecule has 1 aliphatic rings. The lowest BCUT2D eigenvalue weighted by Gasteiger charge is -2.29. The van der Waals surface area contributed by atoms with Crippen molar-refractivity contribution in [3.05, 3.63) is 64.9 Å². The number of amides is 3. The van der Waals surface area contributed by atoms with Gasteiger partial charge < -0.3 is 25.4 Å². The molecule has 3 amide bonds. The van der Waals surface area contributed by atoms with E-state index in [0.29, 0.717) is 17.0 Å². The van der Waals surface area contributed by atoms with Crippen molar-refractivity contribution in [1.29, 1.82) is 0 Å². The van der Waals surface area contributed by atoms with Crippen molar-refractivity contribution in [3.8, 4) is 16.9 Å². The third-order valence-corrected chi connectivity index (χ3v) is 6.17. The average Bonchev–Trinajstić information content (AvgIpc) is 2.80. The number of carboxylic acids is 1. The molecule has 35 heavy (non-hydrogen) atoms. The fourth-order valence-corrected chi connectivity index (χ4v) is 4.10. The highest BCUT2D eigenvalue weighted by Crippen LogP contribution is 2.35. The maximum atomic E-state index is 12.8. The van der Waals surface area contributed by atoms with Gasteiger partial charge in [0.15, 0.2) is 11.8 Å². The number of methoxy groups -OCH3 is 1. The largest absolute Gasteiger partial charge is 0.497 e. The molecule has 0 bridgehead atoms. The second-order valence-corrected chi connectivity index (χ2v) is 8.49. The minimum absolute atomic E-state index is 0.417. The van der Waals surface area contributed by atoms with Crippen LogP contribution in [0.25, 0.3) is 11.1 Å². The second kappa shape index (κ2) is 10.4. The number of likely N-dealkylation sites (N-methyl/N-ethyl adjacent to an activating group) is 1. The number of nitrogens with zero attached hydrogens (tertiary/aromatic N) is 1. The topological polar surface area (TPSA) is 125 Å². The molecule has 3 N–H and O–H groups in total. The fourth-order valence-electron chi connectivity index (χ4n) is 4.10. The number of carboxylic acid groups (broad SMARTS) is 1. The van der Waals surface area contributed by atoms with Crippen LogP contribution in [0.4, 0.5) is 4.79 Å². The van der Waals surface area contributed by atoms with Crippen LogP contribution in [0.15, 0.2) is 48.2 Å². The molecular formula is C26H29N3O6. The number of carbonyl (C=O) groups is 4. The smallest absolute Gasteiger partial charge is 0.316 e. The summed E-state index contributed by atoms with van der Waals surface area (Å²) in [5, 5.41) is 14.6. The Morgan fingerprint density at radius 2 is 1.80 bits per heavy atom. The van der Waals surface area contributed by atoms with Gasteiger partial charge in [0, 0.05) is 18.8 Å². The van der Waals surface area contributed by atoms with Crippen LogP contribution in [-0.4, -0.2) is 53.9 Å². The highest BCUT2D eigenvalue weighted by Gasteiger charge is 2.35. The van der Waals surface area contributed by atoms with E-state index in [2.05, 4.69) is 10.6 Å². The molecule has 0 fully saturated rings. The summed E-state index contributed by atoms with van der Waals surface area (Å²) in [4.78, 5) is 50.6. The lowest BCUT2D eigenvalue weighted by molar-refractivity contribution is -0.138. The lowest BCUT2D eigenvalue weighted by Crippen LogP contribution is -2.56. The maximum Gasteiger partial charge on any atom is 0.316 e. The van der Waals surface area contributed by atoms with E-state index in [0.717, 1.165) is 22.3 Å². The predicted octanol–water partition coefficient (Wildman–Crippen LogP) is 3.11. The molecule has 1 aliphatic heterocycles. The summed E-state index contributed by atoms with van der Waals surface area (Å²) < 4.78 is 5.47. The highest BCUT2D eigenvalue weighted by atomic mass is 16.5. The summed E-state index contributed by atoms with van der Waals surface area (Å²) in [7, 11) is 3.02. The summed E-state index contributed by atoms with van der Waals surface area (Å²) in [6.07, 6.45) is 0.863. The van der Waals surface area contributed by atoms with Gasteiger partial charge in [-0.15, -0.1) is 0 Å². The SMILES string of the molecule is COc1cc(-c2ccccc2C)c(C)c(C(CC(=O)O)NC(=O)NC2C(=O)C=C(C)N(C)C2=O)c1. The first-order valence-corrected chi connectivity index (χ1v) is 11.1. The van der Waals surface area contributed by atoms with E-state index in [9.17, 15) is 24.3 Å². The molecule has 2 unspecified atom stereocenters. The Hall–Kier alpha value is -4.14. The van der Waals surface area contributed by atoms with Gasteiger partial charge in [0.25, 0.3) is 5.91 Å². The summed E-state index contributed by atoms with van der Waals surface area (Å²) in [6.45, 7) is 5.44. The molecule has 0 saturated carbocycles. The molecule has 0 radical (unpaired) electrons. The van der Waals surface area contributed by atoms with E-state index in [4.69, 9.17) is 4.74 Å². The molecule has 0 aromatic heterocycles. The van der Waals surface area contributed by atoms with Crippen LogP contribution in [-0.2, 0) is 14.4 Å². The second-order valence-electron chi connectivity index (χ2n) is 8.49. The van der Waals surface area contributed by atoms with E-state index in [1.54, 1.807) is 13.0 Å². The molecule has 0 aliphatic carbocycles. The van der Waals surface area contributed by atoms with Gasteiger partial charge in [-0.3, -0.25) is 14.4 Å². The van der Waals surface area contributed by atoms with Crippen LogP contribution in [0, 0.1) is 13.8 Å². The highest BCUT2D eigenvalue weighted by molar-refractivity contribution is 6.15. The van der Waals surface area contributed by atoms with Gasteiger partial charge in [-0.1, -0.05) is 24.3 Å². The monoisotopic (exact) mass is 479 g/mol. The Labute approximate surface area is 203 Å². The van der Waals surface area contributed by atoms with Crippen LogP contribution in [0.3, 0.4) is 0 Å². The number of nitrogens with one attached hydrogen (secondary N) is 2. The van der Waals surface area contributed by atoms with Crippen LogP contribution in [0.1, 0.15) is 36.1 Å². The van der Waals surface area contributed by atoms with Crippen molar-refractivity contribution in [3.63, 3.8) is 0 Å². The minimum Gasteiger partial charge on any atom is -0.497 e. The third-order valence-electron chi connectivity index (χ3n) is 6.17. The van der Waals surface area contributed by atoms with Crippen molar-refractivity contribution in [2.24, 2.45) is 0 Å². The summed E-state index contributed by atoms with van der Waals surface area (Å²) in [6, 6.07) is 8.15. The summed E-state index contributed by atoms with van der Waals surface area (Å²) >= 11 is 0. The van der Waals surface area contributed by atoms with Gasteiger partial charge in [-0.2, -0.15) is 0 Å². The molecule has 1 heterocycles. The van der Waals surface area contributed by atoms with Gasteiger partial charge in [-0.05, 0) is 60.7 Å². The Morgan fingerprint density at radius 1 is 1.11 bits per heavy atom. The van der Waals surface area contributed by atoms with Crippen molar-refractivity contribution >= 4 is 23.7 Å². The molecule has 0 saturated heterocycles. The van der Waals surface area contributed by atoms with E-state index in [1.807, 2.05) is 44.2 Å². The third kappa shape index (κ3) is 5.51. The van der Waals surface area contributed by atoms with Gasteiger partial charge in [-0.25, -0.2) is 4.79 Å². The van der Waals surface area contributed by atoms with Crippen molar-refractivity contribution in [2.45, 2.75) is 39.3 Å². The number of carbonyl (C=O) groups excluding carboxylic acids is 3. The average molecular weight is 480 g/mol. The van der Waals surface area contributed by atoms with E-state index in [1.165, 1.54) is 25.1 Å². The van der Waals surface area contributed by atoms with E-state index < -0.39 is 42.2 Å². The van der Waals surface area contributed by atoms with Crippen LogP contribution in [0.5, 0.6) is 5.75 Å². The van der Waals surface area contributed by atoms with Gasteiger partial charge >= 0.3 is 12.0 Å². The first-order chi connectivity index (χ1) is 16.5. The number of aryl methyl sites for hydroxylation is 1. The number of rotatable bonds is 7. The number of urea groups is 1. The number of benzene rings is 2. The van der Waals surface area contributed by atoms with E-state index >= 15 is 0 Å². The molecule has 2 atom stereocenters. The summed E-state index contributed by atoms with van der Waals surface area (Å²) in [5.41, 5.74) is 4.61. The Kier molecular flexibility index (Phi) is 7.58. The van der Waals surface area contributed by atoms with Crippen molar-refractivity contribution < 1.29 is 29.0 Å². The first-order valence-electron chi connectivity index (χ1n) is 11.1. The molecule has 184 valence electrons. The predicted molar refractivity (Wildman–Crippen MR) is 130 cm³/mol. The standard InChI is InChI=1S/C26H29N3O6/c1-14-8-6-7-9-18(14)19-11-17(35-5)12-20(16(19)3)21(13-23(31)32)27-26(34)28-24-22(30)10-15(2)29(4)25(24)33/h6-12,21,24H,13H2,1-5H3,(H,31,32)(H2,27,28,34). The van der Waals surface area contributed by atoms with Crippen molar-refractivity contribution in [1.82, 2.24) is 15.5 Å². The number of aliphatic carboxylic acids is 1.